The predicted molar refractivity (Wildman–Crippen MR) is 236 cm³/mol. The molecule has 2 aliphatic heterocycles. The summed E-state index contributed by atoms with van der Waals surface area (Å²) in [5, 5.41) is 0. The van der Waals surface area contributed by atoms with Crippen molar-refractivity contribution in [1.29, 1.82) is 0 Å². The summed E-state index contributed by atoms with van der Waals surface area (Å²) in [4.78, 5) is 97.3. The second kappa shape index (κ2) is 33.2. The van der Waals surface area contributed by atoms with E-state index in [2.05, 4.69) is 6.92 Å². The third-order valence-corrected chi connectivity index (χ3v) is 10.6. The van der Waals surface area contributed by atoms with Crippen molar-refractivity contribution in [1.82, 2.24) is 0 Å². The Balaban J connectivity index is 2.33. The fourth-order valence-corrected chi connectivity index (χ4v) is 7.76. The fourth-order valence-electron chi connectivity index (χ4n) is 7.76. The van der Waals surface area contributed by atoms with Crippen LogP contribution in [-0.2, 0) is 99.9 Å². The van der Waals surface area contributed by atoms with E-state index in [9.17, 15) is 38.4 Å². The Kier molecular flexibility index (Phi) is 29.1. The Morgan fingerprint density at radius 1 is 0.397 bits per heavy atom. The lowest BCUT2D eigenvalue weighted by Crippen LogP contribution is -2.47. The van der Waals surface area contributed by atoms with Crippen LogP contribution in [0.15, 0.2) is 0 Å². The van der Waals surface area contributed by atoms with Gasteiger partial charge in [0.2, 0.25) is 0 Å². The number of ether oxygens (including phenoxy) is 13. The highest BCUT2D eigenvalue weighted by Crippen LogP contribution is 2.34. The summed E-state index contributed by atoms with van der Waals surface area (Å²) in [7, 11) is 0. The summed E-state index contributed by atoms with van der Waals surface area (Å²) in [6.07, 6.45) is 1.19. The standard InChI is InChI=1S/C47H76O21/c1-10-11-12-13-14-15-16-17-18-19-20-21-22-23-24-56-37(25-59-46-44(65-35(8)54)42(63-33(6)52)40(67-46)38(61-31(4)50)27-57-29(2)48)26-60-47-45(66-36(9)55)43(64-34(7)53)41(68-47)39(62-32(5)51)28-58-30(3)49/h37-47H,10-28H2,1-9H3/t38-,39-,40-,41-,42+,43+,44+,45+,46-,47-/m1/s1. The molecule has 0 saturated carbocycles. The van der Waals surface area contributed by atoms with E-state index in [1.54, 1.807) is 0 Å². The Labute approximate surface area is 399 Å². The van der Waals surface area contributed by atoms with Gasteiger partial charge in [-0.2, -0.15) is 0 Å². The van der Waals surface area contributed by atoms with Crippen LogP contribution in [0.3, 0.4) is 0 Å². The number of esters is 8. The van der Waals surface area contributed by atoms with Gasteiger partial charge in [-0.15, -0.1) is 0 Å². The molecule has 0 N–H and O–H groups in total. The zero-order valence-corrected chi connectivity index (χ0v) is 41.4. The smallest absolute Gasteiger partial charge is 0.303 e. The molecule has 0 unspecified atom stereocenters. The summed E-state index contributed by atoms with van der Waals surface area (Å²) in [6, 6.07) is 0. The van der Waals surface area contributed by atoms with Crippen molar-refractivity contribution in [2.45, 2.75) is 220 Å². The lowest BCUT2D eigenvalue weighted by atomic mass is 10.0. The molecule has 0 amide bonds. The fraction of sp³-hybridized carbons (Fsp3) is 0.830. The Morgan fingerprint density at radius 3 is 1.03 bits per heavy atom. The van der Waals surface area contributed by atoms with Gasteiger partial charge in [0.25, 0.3) is 0 Å². The van der Waals surface area contributed by atoms with Crippen LogP contribution in [0.4, 0.5) is 0 Å². The van der Waals surface area contributed by atoms with Gasteiger partial charge in [0.1, 0.15) is 31.5 Å². The van der Waals surface area contributed by atoms with Gasteiger partial charge in [-0.1, -0.05) is 90.4 Å². The molecule has 0 bridgehead atoms. The minimum atomic E-state index is -1.48. The van der Waals surface area contributed by atoms with E-state index in [1.165, 1.54) is 57.8 Å². The van der Waals surface area contributed by atoms with E-state index in [0.717, 1.165) is 81.1 Å². The van der Waals surface area contributed by atoms with Crippen LogP contribution in [0.2, 0.25) is 0 Å². The van der Waals surface area contributed by atoms with E-state index in [0.29, 0.717) is 6.42 Å². The summed E-state index contributed by atoms with van der Waals surface area (Å²) < 4.78 is 74.0. The molecule has 2 fully saturated rings. The van der Waals surface area contributed by atoms with Gasteiger partial charge in [-0.25, -0.2) is 0 Å². The first-order valence-corrected chi connectivity index (χ1v) is 23.8. The van der Waals surface area contributed by atoms with E-state index in [-0.39, 0.29) is 19.8 Å². The lowest BCUT2D eigenvalue weighted by Gasteiger charge is -2.27. The molecule has 21 nitrogen and oxygen atoms in total. The van der Waals surface area contributed by atoms with Crippen molar-refractivity contribution in [2.24, 2.45) is 0 Å². The largest absolute Gasteiger partial charge is 0.462 e. The van der Waals surface area contributed by atoms with Gasteiger partial charge in [-0.3, -0.25) is 38.4 Å². The molecule has 2 heterocycles. The molecular formula is C47H76O21. The maximum atomic E-state index is 12.4. The number of carbonyl (C=O) groups excluding carboxylic acids is 8. The van der Waals surface area contributed by atoms with Crippen molar-refractivity contribution in [3.8, 4) is 0 Å². The molecule has 68 heavy (non-hydrogen) atoms. The number of carbonyl (C=O) groups is 8. The maximum absolute atomic E-state index is 12.4. The third kappa shape index (κ3) is 24.2. The van der Waals surface area contributed by atoms with Crippen LogP contribution in [0.5, 0.6) is 0 Å². The maximum Gasteiger partial charge on any atom is 0.303 e. The molecular weight excluding hydrogens is 900 g/mol. The molecule has 0 aromatic rings. The SMILES string of the molecule is CCCCCCCCCCCCCCCCOC(CO[C@@H]1O[C@H]([C@@H](COC(C)=O)OC(C)=O)[C@H](OC(C)=O)[C@@H]1OC(C)=O)CO[C@@H]1O[C@H]([C@@H](COC(C)=O)OC(C)=O)[C@H](OC(C)=O)[C@@H]1OC(C)=O. The highest BCUT2D eigenvalue weighted by molar-refractivity contribution is 5.69. The van der Waals surface area contributed by atoms with Gasteiger partial charge in [0.05, 0.1) is 13.2 Å². The van der Waals surface area contributed by atoms with E-state index in [1.807, 2.05) is 0 Å². The highest BCUT2D eigenvalue weighted by atomic mass is 16.8. The van der Waals surface area contributed by atoms with Gasteiger partial charge in [0, 0.05) is 62.0 Å². The van der Waals surface area contributed by atoms with Crippen molar-refractivity contribution >= 4 is 47.8 Å². The molecule has 2 rings (SSSR count). The molecule has 2 aliphatic rings. The monoisotopic (exact) mass is 976 g/mol. The minimum absolute atomic E-state index is 0.235. The topological polar surface area (TPSA) is 257 Å². The highest BCUT2D eigenvalue weighted by Gasteiger charge is 2.56. The zero-order valence-electron chi connectivity index (χ0n) is 41.4. The van der Waals surface area contributed by atoms with Crippen molar-refractivity contribution in [3.63, 3.8) is 0 Å². The zero-order chi connectivity index (χ0) is 50.6. The van der Waals surface area contributed by atoms with Crippen LogP contribution >= 0.6 is 0 Å². The van der Waals surface area contributed by atoms with Crippen molar-refractivity contribution < 1.29 is 99.9 Å². The summed E-state index contributed by atoms with van der Waals surface area (Å²) in [5.74, 6) is -6.15. The Bertz CT molecular complexity index is 1470. The average Bonchev–Trinajstić information content (AvgIpc) is 3.74. The first-order chi connectivity index (χ1) is 32.3. The number of rotatable bonds is 34. The number of hydrogen-bond acceptors (Lipinski definition) is 21. The Hall–Kier alpha value is -4.44. The van der Waals surface area contributed by atoms with E-state index < -0.39 is 128 Å². The van der Waals surface area contributed by atoms with Crippen LogP contribution in [0, 0.1) is 0 Å². The van der Waals surface area contributed by atoms with Crippen molar-refractivity contribution in [3.05, 3.63) is 0 Å². The summed E-state index contributed by atoms with van der Waals surface area (Å²) >= 11 is 0. The quantitative estimate of drug-likeness (QED) is 0.0464. The second-order valence-corrected chi connectivity index (χ2v) is 16.9. The predicted octanol–water partition coefficient (Wildman–Crippen LogP) is 5.05. The van der Waals surface area contributed by atoms with E-state index >= 15 is 0 Å². The summed E-state index contributed by atoms with van der Waals surface area (Å²) in [5.41, 5.74) is 0. The molecule has 0 spiro atoms. The van der Waals surface area contributed by atoms with Gasteiger partial charge in [0.15, 0.2) is 49.2 Å². The van der Waals surface area contributed by atoms with Gasteiger partial charge in [-0.05, 0) is 6.42 Å². The van der Waals surface area contributed by atoms with Crippen LogP contribution in [0.25, 0.3) is 0 Å². The first-order valence-electron chi connectivity index (χ1n) is 23.8. The van der Waals surface area contributed by atoms with Gasteiger partial charge >= 0.3 is 47.8 Å². The minimum Gasteiger partial charge on any atom is -0.462 e. The van der Waals surface area contributed by atoms with Crippen LogP contribution in [-0.4, -0.2) is 148 Å². The molecule has 0 aromatic carbocycles. The van der Waals surface area contributed by atoms with Gasteiger partial charge < -0.3 is 61.6 Å². The normalized spacial score (nSPS) is 23.0. The average molecular weight is 977 g/mol. The molecule has 0 aromatic heterocycles. The Morgan fingerprint density at radius 2 is 0.721 bits per heavy atom. The van der Waals surface area contributed by atoms with E-state index in [4.69, 9.17) is 61.6 Å². The summed E-state index contributed by atoms with van der Waals surface area (Å²) in [6.45, 7) is 9.71. The molecule has 390 valence electrons. The molecule has 0 aliphatic carbocycles. The number of unbranched alkanes of at least 4 members (excludes halogenated alkanes) is 13. The van der Waals surface area contributed by atoms with Crippen LogP contribution in [0.1, 0.15) is 152 Å². The first kappa shape index (κ1) is 59.7. The lowest BCUT2D eigenvalue weighted by molar-refractivity contribution is -0.226. The molecule has 0 radical (unpaired) electrons. The second-order valence-electron chi connectivity index (χ2n) is 16.9. The third-order valence-electron chi connectivity index (χ3n) is 10.6. The number of hydrogen-bond donors (Lipinski definition) is 0. The van der Waals surface area contributed by atoms with Crippen molar-refractivity contribution in [2.75, 3.05) is 33.0 Å². The van der Waals surface area contributed by atoms with Crippen LogP contribution < -0.4 is 0 Å². The molecule has 2 saturated heterocycles. The molecule has 21 heteroatoms. The molecule has 10 atom stereocenters.